The number of anilines is 3. The van der Waals surface area contributed by atoms with Gasteiger partial charge >= 0.3 is 0 Å². The van der Waals surface area contributed by atoms with Gasteiger partial charge in [-0.3, -0.25) is 14.9 Å². The number of nitrogens with one attached hydrogen (secondary N) is 1. The van der Waals surface area contributed by atoms with Crippen LogP contribution in [0.1, 0.15) is 36.0 Å². The highest BCUT2D eigenvalue weighted by atomic mass is 16.6. The highest BCUT2D eigenvalue weighted by Crippen LogP contribution is 2.29. The molecule has 0 spiro atoms. The SMILES string of the molecule is O=C(Nc1ccc(N2CCCC2)cc1)c1cc([N+](=O)[O-])ccc1N1CCCC1. The van der Waals surface area contributed by atoms with Crippen LogP contribution in [0.25, 0.3) is 0 Å². The third-order valence-electron chi connectivity index (χ3n) is 5.48. The summed E-state index contributed by atoms with van der Waals surface area (Å²) in [5.74, 6) is -0.320. The summed E-state index contributed by atoms with van der Waals surface area (Å²) in [5, 5.41) is 14.1. The molecule has 1 N–H and O–H groups in total. The molecule has 0 aliphatic carbocycles. The lowest BCUT2D eigenvalue weighted by Gasteiger charge is -2.21. The molecule has 0 aromatic heterocycles. The molecule has 0 bridgehead atoms. The van der Waals surface area contributed by atoms with Crippen LogP contribution in [-0.2, 0) is 0 Å². The number of rotatable bonds is 5. The van der Waals surface area contributed by atoms with E-state index in [9.17, 15) is 14.9 Å². The zero-order valence-electron chi connectivity index (χ0n) is 15.8. The Kier molecular flexibility index (Phi) is 5.14. The van der Waals surface area contributed by atoms with E-state index in [1.165, 1.54) is 25.0 Å². The zero-order valence-corrected chi connectivity index (χ0v) is 15.8. The molecule has 2 fully saturated rings. The van der Waals surface area contributed by atoms with Crippen molar-refractivity contribution in [3.8, 4) is 0 Å². The molecular weight excluding hydrogens is 356 g/mol. The Morgan fingerprint density at radius 3 is 2.11 bits per heavy atom. The molecule has 0 unspecified atom stereocenters. The summed E-state index contributed by atoms with van der Waals surface area (Å²) in [6, 6.07) is 12.3. The van der Waals surface area contributed by atoms with Gasteiger partial charge in [-0.1, -0.05) is 0 Å². The molecule has 0 radical (unpaired) electrons. The molecule has 0 saturated carbocycles. The van der Waals surface area contributed by atoms with E-state index in [-0.39, 0.29) is 11.6 Å². The highest BCUT2D eigenvalue weighted by molar-refractivity contribution is 6.08. The minimum atomic E-state index is -0.463. The normalized spacial score (nSPS) is 16.4. The first-order valence-electron chi connectivity index (χ1n) is 9.81. The second-order valence-electron chi connectivity index (χ2n) is 7.35. The lowest BCUT2D eigenvalue weighted by Crippen LogP contribution is -2.23. The first-order valence-corrected chi connectivity index (χ1v) is 9.81. The average Bonchev–Trinajstić information content (AvgIpc) is 3.42. The quantitative estimate of drug-likeness (QED) is 0.625. The molecule has 2 aromatic rings. The maximum absolute atomic E-state index is 12.9. The molecule has 1 amide bonds. The van der Waals surface area contributed by atoms with Gasteiger partial charge in [-0.2, -0.15) is 0 Å². The predicted octanol–water partition coefficient (Wildman–Crippen LogP) is 4.05. The van der Waals surface area contributed by atoms with E-state index < -0.39 is 4.92 Å². The molecule has 7 heteroatoms. The molecule has 7 nitrogen and oxygen atoms in total. The van der Waals surface area contributed by atoms with E-state index in [0.29, 0.717) is 11.3 Å². The maximum Gasteiger partial charge on any atom is 0.270 e. The summed E-state index contributed by atoms with van der Waals surface area (Å²) < 4.78 is 0. The number of amides is 1. The number of carbonyl (C=O) groups excluding carboxylic acids is 1. The molecule has 2 aliphatic heterocycles. The standard InChI is InChI=1S/C21H24N4O3/c26-21(22-16-5-7-17(8-6-16)23-11-1-2-12-23)19-15-18(25(27)28)9-10-20(19)24-13-3-4-14-24/h5-10,15H,1-4,11-14H2,(H,22,26). The molecular formula is C21H24N4O3. The second-order valence-corrected chi connectivity index (χ2v) is 7.35. The van der Waals surface area contributed by atoms with E-state index in [1.807, 2.05) is 24.3 Å². The van der Waals surface area contributed by atoms with Crippen molar-refractivity contribution in [3.63, 3.8) is 0 Å². The number of nitro benzene ring substituents is 1. The summed E-state index contributed by atoms with van der Waals surface area (Å²) >= 11 is 0. The smallest absolute Gasteiger partial charge is 0.270 e. The topological polar surface area (TPSA) is 78.7 Å². The second kappa shape index (κ2) is 7.88. The van der Waals surface area contributed by atoms with Gasteiger partial charge in [0.25, 0.3) is 11.6 Å². The van der Waals surface area contributed by atoms with Gasteiger partial charge in [-0.05, 0) is 56.0 Å². The molecule has 2 aromatic carbocycles. The van der Waals surface area contributed by atoms with Gasteiger partial charge in [0.05, 0.1) is 16.2 Å². The monoisotopic (exact) mass is 380 g/mol. The summed E-state index contributed by atoms with van der Waals surface area (Å²) in [4.78, 5) is 28.1. The van der Waals surface area contributed by atoms with E-state index in [1.54, 1.807) is 6.07 Å². The molecule has 146 valence electrons. The minimum absolute atomic E-state index is 0.0718. The number of hydrogen-bond acceptors (Lipinski definition) is 5. The Bertz CT molecular complexity index is 870. The molecule has 2 heterocycles. The Balaban J connectivity index is 1.56. The third-order valence-corrected chi connectivity index (χ3v) is 5.48. The van der Waals surface area contributed by atoms with Gasteiger partial charge in [-0.25, -0.2) is 0 Å². The van der Waals surface area contributed by atoms with E-state index >= 15 is 0 Å². The van der Waals surface area contributed by atoms with Crippen molar-refractivity contribution in [2.24, 2.45) is 0 Å². The van der Waals surface area contributed by atoms with E-state index in [2.05, 4.69) is 15.1 Å². The number of nitro groups is 1. The Morgan fingerprint density at radius 1 is 0.893 bits per heavy atom. The van der Waals surface area contributed by atoms with Gasteiger partial charge in [-0.15, -0.1) is 0 Å². The average molecular weight is 380 g/mol. The van der Waals surface area contributed by atoms with Crippen LogP contribution in [0.2, 0.25) is 0 Å². The zero-order chi connectivity index (χ0) is 19.5. The van der Waals surface area contributed by atoms with Crippen LogP contribution in [0.4, 0.5) is 22.7 Å². The highest BCUT2D eigenvalue weighted by Gasteiger charge is 2.22. The first kappa shape index (κ1) is 18.3. The molecule has 0 atom stereocenters. The van der Waals surface area contributed by atoms with Crippen LogP contribution in [0.3, 0.4) is 0 Å². The van der Waals surface area contributed by atoms with Crippen molar-refractivity contribution in [2.75, 3.05) is 41.3 Å². The van der Waals surface area contributed by atoms with Crippen molar-refractivity contribution in [1.82, 2.24) is 0 Å². The van der Waals surface area contributed by atoms with Gasteiger partial charge < -0.3 is 15.1 Å². The number of benzene rings is 2. The number of hydrogen-bond donors (Lipinski definition) is 1. The van der Waals surface area contributed by atoms with Crippen molar-refractivity contribution in [3.05, 3.63) is 58.1 Å². The fourth-order valence-corrected chi connectivity index (χ4v) is 3.98. The molecule has 2 saturated heterocycles. The van der Waals surface area contributed by atoms with Gasteiger partial charge in [0.15, 0.2) is 0 Å². The van der Waals surface area contributed by atoms with Gasteiger partial charge in [0.2, 0.25) is 0 Å². The van der Waals surface area contributed by atoms with Gasteiger partial charge in [0.1, 0.15) is 0 Å². The lowest BCUT2D eigenvalue weighted by molar-refractivity contribution is -0.384. The van der Waals surface area contributed by atoms with Crippen molar-refractivity contribution >= 4 is 28.7 Å². The molecule has 2 aliphatic rings. The van der Waals surface area contributed by atoms with E-state index in [0.717, 1.165) is 50.4 Å². The van der Waals surface area contributed by atoms with Crippen LogP contribution in [-0.4, -0.2) is 37.0 Å². The number of non-ortho nitro benzene ring substituents is 1. The summed E-state index contributed by atoms with van der Waals surface area (Å²) in [6.45, 7) is 3.86. The van der Waals surface area contributed by atoms with Crippen molar-refractivity contribution in [1.29, 1.82) is 0 Å². The third kappa shape index (κ3) is 3.78. The van der Waals surface area contributed by atoms with Crippen LogP contribution in [0.5, 0.6) is 0 Å². The van der Waals surface area contributed by atoms with Gasteiger partial charge in [0, 0.05) is 49.7 Å². The lowest BCUT2D eigenvalue weighted by atomic mass is 10.1. The van der Waals surface area contributed by atoms with Crippen molar-refractivity contribution in [2.45, 2.75) is 25.7 Å². The Hall–Kier alpha value is -3.09. The van der Waals surface area contributed by atoms with Crippen LogP contribution in [0, 0.1) is 10.1 Å². The number of nitrogens with zero attached hydrogens (tertiary/aromatic N) is 3. The summed E-state index contributed by atoms with van der Waals surface area (Å²) in [6.07, 6.45) is 4.56. The fourth-order valence-electron chi connectivity index (χ4n) is 3.98. The number of carbonyl (C=O) groups is 1. The predicted molar refractivity (Wildman–Crippen MR) is 110 cm³/mol. The summed E-state index contributed by atoms with van der Waals surface area (Å²) in [7, 11) is 0. The minimum Gasteiger partial charge on any atom is -0.372 e. The maximum atomic E-state index is 12.9. The molecule has 4 rings (SSSR count). The fraction of sp³-hybridized carbons (Fsp3) is 0.381. The van der Waals surface area contributed by atoms with E-state index in [4.69, 9.17) is 0 Å². The van der Waals surface area contributed by atoms with Crippen LogP contribution < -0.4 is 15.1 Å². The summed E-state index contributed by atoms with van der Waals surface area (Å²) in [5.41, 5.74) is 2.88. The largest absolute Gasteiger partial charge is 0.372 e. The Morgan fingerprint density at radius 2 is 1.50 bits per heavy atom. The van der Waals surface area contributed by atoms with Crippen molar-refractivity contribution < 1.29 is 9.72 Å². The van der Waals surface area contributed by atoms with Crippen LogP contribution in [0.15, 0.2) is 42.5 Å². The first-order chi connectivity index (χ1) is 13.6. The Labute approximate surface area is 164 Å². The van der Waals surface area contributed by atoms with Crippen LogP contribution >= 0.6 is 0 Å². The molecule has 28 heavy (non-hydrogen) atoms.